The van der Waals surface area contributed by atoms with Crippen LogP contribution in [0.3, 0.4) is 0 Å². The lowest BCUT2D eigenvalue weighted by Gasteiger charge is -2.17. The van der Waals surface area contributed by atoms with Crippen molar-refractivity contribution < 1.29 is 14.7 Å². The Hall–Kier alpha value is -1.06. The summed E-state index contributed by atoms with van der Waals surface area (Å²) in [5.74, 6) is -1.18. The molecule has 0 radical (unpaired) electrons. The third-order valence-corrected chi connectivity index (χ3v) is 4.01. The van der Waals surface area contributed by atoms with Gasteiger partial charge in [-0.2, -0.15) is 0 Å². The molecule has 0 unspecified atom stereocenters. The molecular weight excluding hydrogens is 278 g/mol. The van der Waals surface area contributed by atoms with Gasteiger partial charge in [-0.15, -0.1) is 0 Å². The van der Waals surface area contributed by atoms with Crippen LogP contribution in [0.2, 0.25) is 0 Å². The van der Waals surface area contributed by atoms with Gasteiger partial charge in [0.15, 0.2) is 0 Å². The Morgan fingerprint density at radius 3 is 1.73 bits per heavy atom. The summed E-state index contributed by atoms with van der Waals surface area (Å²) in [4.78, 5) is 22.7. The van der Waals surface area contributed by atoms with Crippen LogP contribution < -0.4 is 5.32 Å². The Morgan fingerprint density at radius 1 is 0.864 bits per heavy atom. The molecule has 0 aliphatic heterocycles. The fraction of sp³-hybridized carbons (Fsp3) is 0.889. The van der Waals surface area contributed by atoms with Gasteiger partial charge in [0.05, 0.1) is 0 Å². The van der Waals surface area contributed by atoms with Crippen LogP contribution in [0.5, 0.6) is 0 Å². The van der Waals surface area contributed by atoms with E-state index in [1.54, 1.807) is 13.8 Å². The first-order valence-electron chi connectivity index (χ1n) is 9.01. The number of amides is 1. The lowest BCUT2D eigenvalue weighted by molar-refractivity contribution is -0.143. The number of carboxylic acid groups (broad SMARTS) is 1. The normalized spacial score (nSPS) is 12.4. The van der Waals surface area contributed by atoms with E-state index in [1.165, 1.54) is 51.4 Å². The topological polar surface area (TPSA) is 66.4 Å². The first-order chi connectivity index (χ1) is 10.5. The quantitative estimate of drug-likeness (QED) is 0.463. The van der Waals surface area contributed by atoms with E-state index in [4.69, 9.17) is 5.11 Å². The Morgan fingerprint density at radius 2 is 1.32 bits per heavy atom. The first kappa shape index (κ1) is 20.9. The van der Waals surface area contributed by atoms with Crippen molar-refractivity contribution in [2.24, 2.45) is 5.92 Å². The van der Waals surface area contributed by atoms with Gasteiger partial charge in [-0.3, -0.25) is 4.79 Å². The van der Waals surface area contributed by atoms with Crippen LogP contribution in [0.15, 0.2) is 0 Å². The van der Waals surface area contributed by atoms with Crippen molar-refractivity contribution >= 4 is 11.9 Å². The van der Waals surface area contributed by atoms with Crippen LogP contribution in [0.4, 0.5) is 0 Å². The molecular formula is C18H35NO3. The molecule has 4 heteroatoms. The van der Waals surface area contributed by atoms with Gasteiger partial charge in [0.25, 0.3) is 0 Å². The van der Waals surface area contributed by atoms with Gasteiger partial charge >= 0.3 is 5.97 Å². The van der Waals surface area contributed by atoms with Crippen molar-refractivity contribution in [3.63, 3.8) is 0 Å². The molecule has 0 aromatic heterocycles. The molecule has 0 heterocycles. The van der Waals surface area contributed by atoms with Gasteiger partial charge in [0.2, 0.25) is 5.91 Å². The molecule has 4 nitrogen and oxygen atoms in total. The second-order valence-corrected chi connectivity index (χ2v) is 6.56. The van der Waals surface area contributed by atoms with Gasteiger partial charge in [-0.1, -0.05) is 78.6 Å². The Balaban J connectivity index is 3.51. The summed E-state index contributed by atoms with van der Waals surface area (Å²) >= 11 is 0. The third-order valence-electron chi connectivity index (χ3n) is 4.01. The zero-order valence-electron chi connectivity index (χ0n) is 14.7. The minimum absolute atomic E-state index is 0.0887. The molecule has 0 rings (SSSR count). The second-order valence-electron chi connectivity index (χ2n) is 6.56. The van der Waals surface area contributed by atoms with Gasteiger partial charge in [0, 0.05) is 6.42 Å². The van der Waals surface area contributed by atoms with E-state index in [2.05, 4.69) is 12.2 Å². The molecule has 1 atom stereocenters. The molecule has 0 aromatic rings. The van der Waals surface area contributed by atoms with Gasteiger partial charge in [-0.25, -0.2) is 4.79 Å². The summed E-state index contributed by atoms with van der Waals surface area (Å²) in [6.45, 7) is 5.84. The van der Waals surface area contributed by atoms with Crippen molar-refractivity contribution in [1.82, 2.24) is 5.32 Å². The summed E-state index contributed by atoms with van der Waals surface area (Å²) in [6, 6.07) is -0.768. The monoisotopic (exact) mass is 313 g/mol. The predicted octanol–water partition coefficient (Wildman–Crippen LogP) is 4.52. The highest BCUT2D eigenvalue weighted by Gasteiger charge is 2.22. The highest BCUT2D eigenvalue weighted by molar-refractivity contribution is 5.83. The summed E-state index contributed by atoms with van der Waals surface area (Å²) in [5, 5.41) is 11.6. The van der Waals surface area contributed by atoms with Crippen LogP contribution in [0.25, 0.3) is 0 Å². The minimum Gasteiger partial charge on any atom is -0.480 e. The standard InChI is InChI=1S/C18H35NO3/c1-4-5-6-7-8-9-10-11-12-13-14-16(20)19-17(15(2)3)18(21)22/h15,17H,4-14H2,1-3H3,(H,19,20)(H,21,22)/t17-/m0/s1. The smallest absolute Gasteiger partial charge is 0.326 e. The molecule has 0 aliphatic carbocycles. The Kier molecular flexibility index (Phi) is 12.9. The average Bonchev–Trinajstić information content (AvgIpc) is 2.46. The fourth-order valence-corrected chi connectivity index (χ4v) is 2.53. The third kappa shape index (κ3) is 11.6. The Bertz CT molecular complexity index is 303. The molecule has 0 saturated heterocycles. The number of hydrogen-bond acceptors (Lipinski definition) is 2. The minimum atomic E-state index is -0.952. The van der Waals surface area contributed by atoms with Gasteiger partial charge < -0.3 is 10.4 Å². The molecule has 2 N–H and O–H groups in total. The van der Waals surface area contributed by atoms with Crippen LogP contribution >= 0.6 is 0 Å². The SMILES string of the molecule is CCCCCCCCCCCCC(=O)N[C@H](C(=O)O)C(C)C. The number of carboxylic acids is 1. The molecule has 22 heavy (non-hydrogen) atoms. The Labute approximate surface area is 136 Å². The van der Waals surface area contributed by atoms with Gasteiger partial charge in [0.1, 0.15) is 6.04 Å². The number of aliphatic carboxylic acids is 1. The molecule has 130 valence electrons. The maximum Gasteiger partial charge on any atom is 0.326 e. The fourth-order valence-electron chi connectivity index (χ4n) is 2.53. The molecule has 0 aliphatic rings. The number of unbranched alkanes of at least 4 members (excludes halogenated alkanes) is 9. The van der Waals surface area contributed by atoms with Crippen molar-refractivity contribution in [1.29, 1.82) is 0 Å². The second kappa shape index (κ2) is 13.6. The predicted molar refractivity (Wildman–Crippen MR) is 90.9 cm³/mol. The summed E-state index contributed by atoms with van der Waals surface area (Å²) < 4.78 is 0. The molecule has 0 saturated carbocycles. The first-order valence-corrected chi connectivity index (χ1v) is 9.01. The van der Waals surface area contributed by atoms with E-state index >= 15 is 0 Å². The lowest BCUT2D eigenvalue weighted by Crippen LogP contribution is -2.44. The number of carbonyl (C=O) groups is 2. The van der Waals surface area contributed by atoms with E-state index < -0.39 is 12.0 Å². The molecule has 0 spiro atoms. The van der Waals surface area contributed by atoms with Gasteiger partial charge in [-0.05, 0) is 12.3 Å². The van der Waals surface area contributed by atoms with Crippen LogP contribution in [-0.4, -0.2) is 23.0 Å². The average molecular weight is 313 g/mol. The number of rotatable bonds is 14. The maximum absolute atomic E-state index is 11.7. The lowest BCUT2D eigenvalue weighted by atomic mass is 10.0. The number of hydrogen-bond donors (Lipinski definition) is 2. The van der Waals surface area contributed by atoms with Crippen LogP contribution in [-0.2, 0) is 9.59 Å². The van der Waals surface area contributed by atoms with E-state index in [0.717, 1.165) is 12.8 Å². The zero-order valence-corrected chi connectivity index (χ0v) is 14.7. The van der Waals surface area contributed by atoms with Crippen molar-refractivity contribution in [2.75, 3.05) is 0 Å². The van der Waals surface area contributed by atoms with Crippen LogP contribution in [0, 0.1) is 5.92 Å². The van der Waals surface area contributed by atoms with E-state index in [1.807, 2.05) is 0 Å². The largest absolute Gasteiger partial charge is 0.480 e. The molecule has 0 bridgehead atoms. The van der Waals surface area contributed by atoms with Crippen molar-refractivity contribution in [3.8, 4) is 0 Å². The maximum atomic E-state index is 11.7. The number of carbonyl (C=O) groups excluding carboxylic acids is 1. The summed E-state index contributed by atoms with van der Waals surface area (Å²) in [6.07, 6.45) is 12.7. The number of nitrogens with one attached hydrogen (secondary N) is 1. The highest BCUT2D eigenvalue weighted by atomic mass is 16.4. The van der Waals surface area contributed by atoms with E-state index in [-0.39, 0.29) is 11.8 Å². The molecule has 1 amide bonds. The molecule has 0 aromatic carbocycles. The zero-order chi connectivity index (χ0) is 16.8. The summed E-state index contributed by atoms with van der Waals surface area (Å²) in [7, 11) is 0. The van der Waals surface area contributed by atoms with Crippen molar-refractivity contribution in [2.45, 2.75) is 97.4 Å². The highest BCUT2D eigenvalue weighted by Crippen LogP contribution is 2.11. The van der Waals surface area contributed by atoms with Crippen LogP contribution in [0.1, 0.15) is 91.4 Å². The van der Waals surface area contributed by atoms with E-state index in [9.17, 15) is 9.59 Å². The molecule has 0 fully saturated rings. The van der Waals surface area contributed by atoms with E-state index in [0.29, 0.717) is 6.42 Å². The summed E-state index contributed by atoms with van der Waals surface area (Å²) in [5.41, 5.74) is 0. The van der Waals surface area contributed by atoms with Crippen molar-refractivity contribution in [3.05, 3.63) is 0 Å².